The minimum Gasteiger partial charge on any atom is -0.395 e. The average molecular weight is 314 g/mol. The van der Waals surface area contributed by atoms with E-state index in [1.807, 2.05) is 0 Å². The van der Waals surface area contributed by atoms with Crippen LogP contribution in [0.5, 0.6) is 0 Å². The third kappa shape index (κ3) is 3.17. The molecule has 1 aliphatic rings. The monoisotopic (exact) mass is 314 g/mol. The molecule has 1 fully saturated rings. The van der Waals surface area contributed by atoms with E-state index in [4.69, 9.17) is 18.0 Å². The Hall–Kier alpha value is -1.02. The van der Waals surface area contributed by atoms with Gasteiger partial charge in [0.15, 0.2) is 0 Å². The van der Waals surface area contributed by atoms with Crippen molar-refractivity contribution in [2.45, 2.75) is 24.6 Å². The van der Waals surface area contributed by atoms with Crippen molar-refractivity contribution in [2.75, 3.05) is 13.2 Å². The van der Waals surface area contributed by atoms with Crippen LogP contribution in [0.1, 0.15) is 24.0 Å². The summed E-state index contributed by atoms with van der Waals surface area (Å²) in [6, 6.07) is 6.67. The number of sulfonamides is 1. The van der Waals surface area contributed by atoms with Gasteiger partial charge in [-0.05, 0) is 18.4 Å². The van der Waals surface area contributed by atoms with Crippen LogP contribution in [-0.2, 0) is 15.8 Å². The van der Waals surface area contributed by atoms with Crippen molar-refractivity contribution in [3.05, 3.63) is 35.4 Å². The number of aliphatic hydroxyl groups is 1. The largest absolute Gasteiger partial charge is 0.395 e. The second kappa shape index (κ2) is 6.17. The normalized spacial score (nSPS) is 20.1. The highest BCUT2D eigenvalue weighted by molar-refractivity contribution is 7.88. The van der Waals surface area contributed by atoms with Gasteiger partial charge in [0.1, 0.15) is 4.99 Å². The van der Waals surface area contributed by atoms with E-state index < -0.39 is 10.0 Å². The summed E-state index contributed by atoms with van der Waals surface area (Å²) in [6.07, 6.45) is 1.48. The second-order valence-corrected chi connectivity index (χ2v) is 7.23. The van der Waals surface area contributed by atoms with E-state index in [0.29, 0.717) is 24.1 Å². The molecule has 1 saturated heterocycles. The summed E-state index contributed by atoms with van der Waals surface area (Å²) in [4.78, 5) is 0.191. The third-order valence-electron chi connectivity index (χ3n) is 3.51. The highest BCUT2D eigenvalue weighted by Gasteiger charge is 2.34. The molecule has 1 unspecified atom stereocenters. The molecule has 0 saturated carbocycles. The van der Waals surface area contributed by atoms with Crippen LogP contribution in [0.4, 0.5) is 0 Å². The predicted octanol–water partition coefficient (Wildman–Crippen LogP) is 0.607. The van der Waals surface area contributed by atoms with Crippen LogP contribution in [-0.4, -0.2) is 42.0 Å². The zero-order valence-corrected chi connectivity index (χ0v) is 12.7. The minimum atomic E-state index is -3.47. The van der Waals surface area contributed by atoms with E-state index in [1.54, 1.807) is 24.3 Å². The Morgan fingerprint density at radius 1 is 1.45 bits per heavy atom. The number of hydrogen-bond acceptors (Lipinski definition) is 4. The zero-order chi connectivity index (χ0) is 14.8. The summed E-state index contributed by atoms with van der Waals surface area (Å²) < 4.78 is 26.3. The maximum Gasteiger partial charge on any atom is 0.218 e. The fourth-order valence-corrected chi connectivity index (χ4v) is 4.57. The molecule has 1 heterocycles. The number of aliphatic hydroxyl groups excluding tert-OH is 1. The molecule has 5 nitrogen and oxygen atoms in total. The van der Waals surface area contributed by atoms with Crippen LogP contribution in [0.15, 0.2) is 24.3 Å². The maximum atomic E-state index is 12.5. The number of nitrogens with two attached hydrogens (primary N) is 1. The lowest BCUT2D eigenvalue weighted by Crippen LogP contribution is -2.38. The van der Waals surface area contributed by atoms with Crippen molar-refractivity contribution in [1.82, 2.24) is 4.31 Å². The molecule has 1 aromatic rings. The Balaban J connectivity index is 2.27. The van der Waals surface area contributed by atoms with Gasteiger partial charge in [-0.2, -0.15) is 4.31 Å². The summed E-state index contributed by atoms with van der Waals surface area (Å²) in [5, 5.41) is 9.26. The molecule has 20 heavy (non-hydrogen) atoms. The van der Waals surface area contributed by atoms with E-state index in [9.17, 15) is 13.5 Å². The SMILES string of the molecule is NC(=S)c1ccccc1CS(=O)(=O)N1CCCC1CO. The Labute approximate surface area is 124 Å². The molecule has 0 aromatic heterocycles. The fraction of sp³-hybridized carbons (Fsp3) is 0.462. The molecule has 1 aromatic carbocycles. The molecular weight excluding hydrogens is 296 g/mol. The molecule has 0 bridgehead atoms. The van der Waals surface area contributed by atoms with Crippen LogP contribution < -0.4 is 5.73 Å². The minimum absolute atomic E-state index is 0.142. The molecule has 0 radical (unpaired) electrons. The molecule has 1 aliphatic heterocycles. The van der Waals surface area contributed by atoms with Crippen LogP contribution >= 0.6 is 12.2 Å². The van der Waals surface area contributed by atoms with Crippen molar-refractivity contribution in [3.63, 3.8) is 0 Å². The van der Waals surface area contributed by atoms with Gasteiger partial charge in [-0.1, -0.05) is 36.5 Å². The van der Waals surface area contributed by atoms with Gasteiger partial charge < -0.3 is 10.8 Å². The maximum absolute atomic E-state index is 12.5. The molecule has 0 amide bonds. The zero-order valence-electron chi connectivity index (χ0n) is 11.0. The topological polar surface area (TPSA) is 83.6 Å². The molecule has 7 heteroatoms. The van der Waals surface area contributed by atoms with Gasteiger partial charge in [-0.25, -0.2) is 8.42 Å². The van der Waals surface area contributed by atoms with Gasteiger partial charge in [0, 0.05) is 18.2 Å². The molecule has 110 valence electrons. The molecule has 3 N–H and O–H groups in total. The summed E-state index contributed by atoms with van der Waals surface area (Å²) in [7, 11) is -3.47. The first-order chi connectivity index (χ1) is 9.45. The van der Waals surface area contributed by atoms with Crippen LogP contribution in [0, 0.1) is 0 Å². The highest BCUT2D eigenvalue weighted by atomic mass is 32.2. The van der Waals surface area contributed by atoms with E-state index in [2.05, 4.69) is 0 Å². The standard InChI is InChI=1S/C13H18N2O3S2/c14-13(19)12-6-2-1-4-10(12)9-20(17,18)15-7-3-5-11(15)8-16/h1-2,4,6,11,16H,3,5,7-9H2,(H2,14,19). The summed E-state index contributed by atoms with van der Waals surface area (Å²) in [5.74, 6) is -0.142. The summed E-state index contributed by atoms with van der Waals surface area (Å²) in [6.45, 7) is 0.318. The third-order valence-corrected chi connectivity index (χ3v) is 5.60. The first-order valence-electron chi connectivity index (χ1n) is 6.44. The van der Waals surface area contributed by atoms with Crippen molar-refractivity contribution >= 4 is 27.2 Å². The Morgan fingerprint density at radius 2 is 2.15 bits per heavy atom. The number of rotatable bonds is 5. The smallest absolute Gasteiger partial charge is 0.218 e. The number of hydrogen-bond donors (Lipinski definition) is 2. The van der Waals surface area contributed by atoms with Gasteiger partial charge in [-0.3, -0.25) is 0 Å². The Morgan fingerprint density at radius 3 is 2.80 bits per heavy atom. The van der Waals surface area contributed by atoms with Gasteiger partial charge in [0.2, 0.25) is 10.0 Å². The Kier molecular flexibility index (Phi) is 4.74. The first kappa shape index (κ1) is 15.4. The lowest BCUT2D eigenvalue weighted by atomic mass is 10.1. The molecular formula is C13H18N2O3S2. The molecule has 0 spiro atoms. The predicted molar refractivity (Wildman–Crippen MR) is 81.8 cm³/mol. The van der Waals surface area contributed by atoms with Gasteiger partial charge >= 0.3 is 0 Å². The second-order valence-electron chi connectivity index (χ2n) is 4.87. The lowest BCUT2D eigenvalue weighted by Gasteiger charge is -2.23. The lowest BCUT2D eigenvalue weighted by molar-refractivity contribution is 0.213. The van der Waals surface area contributed by atoms with Gasteiger partial charge in [0.05, 0.1) is 12.4 Å². The van der Waals surface area contributed by atoms with E-state index in [0.717, 1.165) is 6.42 Å². The van der Waals surface area contributed by atoms with Crippen molar-refractivity contribution in [1.29, 1.82) is 0 Å². The van der Waals surface area contributed by atoms with Crippen molar-refractivity contribution in [3.8, 4) is 0 Å². The van der Waals surface area contributed by atoms with Gasteiger partial charge in [0.25, 0.3) is 0 Å². The Bertz CT molecular complexity index is 601. The number of nitrogens with zero attached hydrogens (tertiary/aromatic N) is 1. The van der Waals surface area contributed by atoms with Crippen molar-refractivity contribution in [2.24, 2.45) is 5.73 Å². The fourth-order valence-electron chi connectivity index (χ4n) is 2.52. The van der Waals surface area contributed by atoms with E-state index in [1.165, 1.54) is 4.31 Å². The van der Waals surface area contributed by atoms with Crippen LogP contribution in [0.25, 0.3) is 0 Å². The molecule has 1 atom stereocenters. The van der Waals surface area contributed by atoms with Crippen molar-refractivity contribution < 1.29 is 13.5 Å². The first-order valence-corrected chi connectivity index (χ1v) is 8.45. The highest BCUT2D eigenvalue weighted by Crippen LogP contribution is 2.24. The van der Waals surface area contributed by atoms with E-state index >= 15 is 0 Å². The van der Waals surface area contributed by atoms with Gasteiger partial charge in [-0.15, -0.1) is 0 Å². The average Bonchev–Trinajstić information content (AvgIpc) is 2.87. The van der Waals surface area contributed by atoms with Crippen LogP contribution in [0.3, 0.4) is 0 Å². The van der Waals surface area contributed by atoms with Crippen LogP contribution in [0.2, 0.25) is 0 Å². The molecule has 2 rings (SSSR count). The number of benzene rings is 1. The summed E-state index contributed by atoms with van der Waals surface area (Å²) in [5.41, 5.74) is 6.81. The number of thiocarbonyl (C=S) groups is 1. The summed E-state index contributed by atoms with van der Waals surface area (Å²) >= 11 is 4.95. The quantitative estimate of drug-likeness (QED) is 0.778. The van der Waals surface area contributed by atoms with E-state index in [-0.39, 0.29) is 23.4 Å². The molecule has 0 aliphatic carbocycles.